The molecule has 4 heteroatoms. The number of nitrogens with zero attached hydrogens (tertiary/aromatic N) is 2. The first-order valence-electron chi connectivity index (χ1n) is 7.75. The molecule has 0 bridgehead atoms. The molecule has 22 heavy (non-hydrogen) atoms. The molecular weight excluding hydrogens is 296 g/mol. The van der Waals surface area contributed by atoms with Crippen molar-refractivity contribution < 1.29 is 5.11 Å². The number of aliphatic hydroxyl groups excluding tert-OH is 1. The fraction of sp³-hybridized carbons (Fsp3) is 0.389. The Morgan fingerprint density at radius 2 is 1.95 bits per heavy atom. The summed E-state index contributed by atoms with van der Waals surface area (Å²) in [5.41, 5.74) is 2.43. The van der Waals surface area contributed by atoms with Crippen LogP contribution in [0.2, 0.25) is 5.15 Å². The van der Waals surface area contributed by atoms with Gasteiger partial charge in [-0.3, -0.25) is 4.90 Å². The maximum atomic E-state index is 9.37. The molecule has 0 amide bonds. The summed E-state index contributed by atoms with van der Waals surface area (Å²) in [7, 11) is 0. The smallest absolute Gasteiger partial charge is 0.132 e. The van der Waals surface area contributed by atoms with Crippen molar-refractivity contribution in [3.8, 4) is 0 Å². The van der Waals surface area contributed by atoms with Gasteiger partial charge < -0.3 is 5.11 Å². The van der Waals surface area contributed by atoms with Crippen LogP contribution < -0.4 is 0 Å². The lowest BCUT2D eigenvalue weighted by molar-refractivity contribution is 0.246. The predicted octanol–water partition coefficient (Wildman–Crippen LogP) is 3.33. The highest BCUT2D eigenvalue weighted by atomic mass is 35.5. The minimum atomic E-state index is 0.220. The molecule has 1 aliphatic rings. The quantitative estimate of drug-likeness (QED) is 0.860. The van der Waals surface area contributed by atoms with E-state index in [4.69, 9.17) is 11.6 Å². The van der Waals surface area contributed by atoms with Gasteiger partial charge in [-0.25, -0.2) is 4.98 Å². The number of hydrogen-bond donors (Lipinski definition) is 1. The van der Waals surface area contributed by atoms with Crippen molar-refractivity contribution in [3.63, 3.8) is 0 Å². The third-order valence-electron chi connectivity index (χ3n) is 4.45. The van der Waals surface area contributed by atoms with Gasteiger partial charge in [0.15, 0.2) is 0 Å². The highest BCUT2D eigenvalue weighted by Gasteiger charge is 2.34. The molecule has 2 aromatic rings. The highest BCUT2D eigenvalue weighted by Crippen LogP contribution is 2.37. The first-order chi connectivity index (χ1) is 10.8. The maximum absolute atomic E-state index is 9.37. The predicted molar refractivity (Wildman–Crippen MR) is 88.9 cm³/mol. The molecule has 0 unspecified atom stereocenters. The second kappa shape index (κ2) is 7.23. The molecule has 1 aliphatic heterocycles. The summed E-state index contributed by atoms with van der Waals surface area (Å²) in [6, 6.07) is 14.5. The zero-order valence-corrected chi connectivity index (χ0v) is 13.3. The molecular formula is C18H21ClN2O. The van der Waals surface area contributed by atoms with Crippen LogP contribution in [0.3, 0.4) is 0 Å². The van der Waals surface area contributed by atoms with E-state index in [0.717, 1.165) is 31.6 Å². The standard InChI is InChI=1S/C18H21ClN2O/c19-18-16(7-4-9-20-18)17-13-21(12-15(17)8-10-22)11-14-5-2-1-3-6-14/h1-7,9,15,17,22H,8,10-13H2/t15-,17+/m0/s1. The molecule has 0 aliphatic carbocycles. The van der Waals surface area contributed by atoms with E-state index in [1.54, 1.807) is 6.20 Å². The van der Waals surface area contributed by atoms with Gasteiger partial charge >= 0.3 is 0 Å². The number of aliphatic hydroxyl groups is 1. The molecule has 1 fully saturated rings. The zero-order chi connectivity index (χ0) is 15.4. The van der Waals surface area contributed by atoms with Crippen LogP contribution in [-0.4, -0.2) is 34.7 Å². The average Bonchev–Trinajstić information content (AvgIpc) is 2.91. The summed E-state index contributed by atoms with van der Waals surface area (Å²) in [4.78, 5) is 6.66. The molecule has 1 N–H and O–H groups in total. The average molecular weight is 317 g/mol. The lowest BCUT2D eigenvalue weighted by Gasteiger charge is -2.18. The van der Waals surface area contributed by atoms with E-state index >= 15 is 0 Å². The van der Waals surface area contributed by atoms with E-state index in [-0.39, 0.29) is 6.61 Å². The number of likely N-dealkylation sites (tertiary alicyclic amines) is 1. The Morgan fingerprint density at radius 1 is 1.14 bits per heavy atom. The minimum Gasteiger partial charge on any atom is -0.396 e. The molecule has 0 radical (unpaired) electrons. The van der Waals surface area contributed by atoms with Crippen LogP contribution in [0, 0.1) is 5.92 Å². The lowest BCUT2D eigenvalue weighted by Crippen LogP contribution is -2.20. The van der Waals surface area contributed by atoms with Crippen LogP contribution >= 0.6 is 11.6 Å². The fourth-order valence-corrected chi connectivity index (χ4v) is 3.68. The zero-order valence-electron chi connectivity index (χ0n) is 12.5. The van der Waals surface area contributed by atoms with Gasteiger partial charge in [0.1, 0.15) is 5.15 Å². The molecule has 116 valence electrons. The highest BCUT2D eigenvalue weighted by molar-refractivity contribution is 6.30. The Bertz CT molecular complexity index is 605. The Kier molecular flexibility index (Phi) is 5.08. The van der Waals surface area contributed by atoms with Gasteiger partial charge in [0.05, 0.1) is 0 Å². The van der Waals surface area contributed by atoms with Crippen molar-refractivity contribution in [2.24, 2.45) is 5.92 Å². The van der Waals surface area contributed by atoms with E-state index in [0.29, 0.717) is 17.0 Å². The maximum Gasteiger partial charge on any atom is 0.132 e. The molecule has 0 spiro atoms. The van der Waals surface area contributed by atoms with Crippen molar-refractivity contribution in [1.82, 2.24) is 9.88 Å². The molecule has 1 saturated heterocycles. The minimum absolute atomic E-state index is 0.220. The van der Waals surface area contributed by atoms with Crippen LogP contribution in [0.15, 0.2) is 48.7 Å². The Labute approximate surface area is 136 Å². The fourth-order valence-electron chi connectivity index (χ4n) is 3.42. The van der Waals surface area contributed by atoms with Crippen LogP contribution in [0.5, 0.6) is 0 Å². The number of benzene rings is 1. The van der Waals surface area contributed by atoms with Gasteiger partial charge in [0.25, 0.3) is 0 Å². The molecule has 0 saturated carbocycles. The van der Waals surface area contributed by atoms with Crippen molar-refractivity contribution in [1.29, 1.82) is 0 Å². The number of halogens is 1. The monoisotopic (exact) mass is 316 g/mol. The van der Waals surface area contributed by atoms with E-state index in [9.17, 15) is 5.11 Å². The van der Waals surface area contributed by atoms with Gasteiger partial charge in [-0.05, 0) is 29.5 Å². The van der Waals surface area contributed by atoms with Crippen molar-refractivity contribution in [2.45, 2.75) is 18.9 Å². The van der Waals surface area contributed by atoms with Crippen molar-refractivity contribution >= 4 is 11.6 Å². The first kappa shape index (κ1) is 15.5. The third kappa shape index (κ3) is 3.49. The largest absolute Gasteiger partial charge is 0.396 e. The summed E-state index contributed by atoms with van der Waals surface area (Å²) < 4.78 is 0. The van der Waals surface area contributed by atoms with Crippen LogP contribution in [-0.2, 0) is 6.54 Å². The van der Waals surface area contributed by atoms with Gasteiger partial charge in [-0.1, -0.05) is 48.0 Å². The second-order valence-electron chi connectivity index (χ2n) is 5.94. The topological polar surface area (TPSA) is 36.4 Å². The molecule has 3 nitrogen and oxygen atoms in total. The number of aromatic nitrogens is 1. The summed E-state index contributed by atoms with van der Waals surface area (Å²) in [5, 5.41) is 9.96. The number of hydrogen-bond acceptors (Lipinski definition) is 3. The van der Waals surface area contributed by atoms with Gasteiger partial charge in [-0.15, -0.1) is 0 Å². The van der Waals surface area contributed by atoms with E-state index in [1.165, 1.54) is 5.56 Å². The Hall–Kier alpha value is -1.42. The number of rotatable bonds is 5. The lowest BCUT2D eigenvalue weighted by atomic mass is 9.88. The van der Waals surface area contributed by atoms with Crippen molar-refractivity contribution in [3.05, 3.63) is 64.9 Å². The Balaban J connectivity index is 1.76. The normalized spacial score (nSPS) is 22.1. The summed E-state index contributed by atoms with van der Waals surface area (Å²) in [6.45, 7) is 3.12. The van der Waals surface area contributed by atoms with E-state index < -0.39 is 0 Å². The van der Waals surface area contributed by atoms with Crippen LogP contribution in [0.1, 0.15) is 23.5 Å². The second-order valence-corrected chi connectivity index (χ2v) is 6.30. The van der Waals surface area contributed by atoms with Crippen molar-refractivity contribution in [2.75, 3.05) is 19.7 Å². The van der Waals surface area contributed by atoms with Crippen LogP contribution in [0.4, 0.5) is 0 Å². The summed E-state index contributed by atoms with van der Waals surface area (Å²) >= 11 is 6.29. The van der Waals surface area contributed by atoms with Crippen LogP contribution in [0.25, 0.3) is 0 Å². The summed E-state index contributed by atoms with van der Waals surface area (Å²) in [5.74, 6) is 0.771. The molecule has 1 aromatic heterocycles. The van der Waals surface area contributed by atoms with E-state index in [1.807, 2.05) is 12.1 Å². The summed E-state index contributed by atoms with van der Waals surface area (Å²) in [6.07, 6.45) is 2.53. The SMILES string of the molecule is OCC[C@H]1CN(Cc2ccccc2)C[C@H]1c1cccnc1Cl. The Morgan fingerprint density at radius 3 is 2.68 bits per heavy atom. The molecule has 2 atom stereocenters. The van der Waals surface area contributed by atoms with Gasteiger partial charge in [0, 0.05) is 38.4 Å². The molecule has 1 aromatic carbocycles. The van der Waals surface area contributed by atoms with E-state index in [2.05, 4.69) is 40.2 Å². The molecule has 3 rings (SSSR count). The van der Waals surface area contributed by atoms with Gasteiger partial charge in [0.2, 0.25) is 0 Å². The van der Waals surface area contributed by atoms with Gasteiger partial charge in [-0.2, -0.15) is 0 Å². The number of pyridine rings is 1. The molecule has 2 heterocycles. The first-order valence-corrected chi connectivity index (χ1v) is 8.13. The third-order valence-corrected chi connectivity index (χ3v) is 4.77.